The molecule has 0 aliphatic carbocycles. The Labute approximate surface area is 127 Å². The van der Waals surface area contributed by atoms with E-state index in [9.17, 15) is 0 Å². The molecule has 3 nitrogen and oxygen atoms in total. The SMILES string of the molecule is CCC(C)C1CN(Cc2nccs2)C(C(C)CC)CN1. The van der Waals surface area contributed by atoms with Crippen molar-refractivity contribution in [2.45, 2.75) is 59.2 Å². The van der Waals surface area contributed by atoms with E-state index in [1.165, 1.54) is 17.8 Å². The largest absolute Gasteiger partial charge is 0.311 e. The van der Waals surface area contributed by atoms with E-state index in [0.717, 1.165) is 31.5 Å². The van der Waals surface area contributed by atoms with Crippen LogP contribution >= 0.6 is 11.3 Å². The fourth-order valence-corrected chi connectivity index (χ4v) is 3.68. The van der Waals surface area contributed by atoms with Gasteiger partial charge in [-0.25, -0.2) is 4.98 Å². The van der Waals surface area contributed by atoms with Crippen molar-refractivity contribution >= 4 is 11.3 Å². The molecular weight excluding hydrogens is 266 g/mol. The molecule has 114 valence electrons. The molecule has 4 atom stereocenters. The molecule has 0 spiro atoms. The van der Waals surface area contributed by atoms with Gasteiger partial charge in [-0.15, -0.1) is 11.3 Å². The molecule has 1 aliphatic heterocycles. The third-order valence-corrected chi connectivity index (χ3v) is 5.71. The fourth-order valence-electron chi connectivity index (χ4n) is 3.04. The molecule has 1 aromatic rings. The minimum Gasteiger partial charge on any atom is -0.311 e. The molecule has 0 aromatic carbocycles. The number of hydrogen-bond donors (Lipinski definition) is 1. The zero-order chi connectivity index (χ0) is 14.5. The number of rotatable bonds is 6. The Morgan fingerprint density at radius 1 is 1.35 bits per heavy atom. The second kappa shape index (κ2) is 7.53. The van der Waals surface area contributed by atoms with Crippen molar-refractivity contribution in [1.29, 1.82) is 0 Å². The monoisotopic (exact) mass is 295 g/mol. The van der Waals surface area contributed by atoms with Crippen LogP contribution in [0.15, 0.2) is 11.6 Å². The normalized spacial score (nSPS) is 27.4. The van der Waals surface area contributed by atoms with Crippen molar-refractivity contribution in [3.05, 3.63) is 16.6 Å². The van der Waals surface area contributed by atoms with E-state index in [1.54, 1.807) is 11.3 Å². The first-order valence-corrected chi connectivity index (χ1v) is 8.89. The lowest BCUT2D eigenvalue weighted by Crippen LogP contribution is -2.59. The first kappa shape index (κ1) is 15.9. The molecule has 2 heterocycles. The van der Waals surface area contributed by atoms with Crippen LogP contribution in [0.4, 0.5) is 0 Å². The number of nitrogens with one attached hydrogen (secondary N) is 1. The number of nitrogens with zero attached hydrogens (tertiary/aromatic N) is 2. The molecule has 0 bridgehead atoms. The van der Waals surface area contributed by atoms with Crippen LogP contribution in [-0.4, -0.2) is 35.1 Å². The van der Waals surface area contributed by atoms with Crippen molar-refractivity contribution < 1.29 is 0 Å². The minimum atomic E-state index is 0.625. The molecule has 20 heavy (non-hydrogen) atoms. The second-order valence-corrected chi connectivity index (χ2v) is 7.19. The number of piperazine rings is 1. The van der Waals surface area contributed by atoms with Gasteiger partial charge in [0, 0.05) is 36.8 Å². The Balaban J connectivity index is 2.06. The molecule has 4 unspecified atom stereocenters. The summed E-state index contributed by atoms with van der Waals surface area (Å²) in [5.74, 6) is 1.48. The van der Waals surface area contributed by atoms with Gasteiger partial charge in [0.05, 0.1) is 6.54 Å². The van der Waals surface area contributed by atoms with Crippen LogP contribution < -0.4 is 5.32 Å². The molecule has 1 fully saturated rings. The van der Waals surface area contributed by atoms with Crippen molar-refractivity contribution in [1.82, 2.24) is 15.2 Å². The Hall–Kier alpha value is -0.450. The predicted octanol–water partition coefficient (Wildman–Crippen LogP) is 3.38. The van der Waals surface area contributed by atoms with Crippen molar-refractivity contribution in [2.75, 3.05) is 13.1 Å². The highest BCUT2D eigenvalue weighted by atomic mass is 32.1. The minimum absolute atomic E-state index is 0.625. The van der Waals surface area contributed by atoms with Crippen LogP contribution in [0.3, 0.4) is 0 Å². The molecule has 1 aromatic heterocycles. The molecule has 1 saturated heterocycles. The summed E-state index contributed by atoms with van der Waals surface area (Å²) in [6.07, 6.45) is 4.41. The van der Waals surface area contributed by atoms with Gasteiger partial charge in [-0.05, 0) is 11.8 Å². The Bertz CT molecular complexity index is 379. The number of aromatic nitrogens is 1. The summed E-state index contributed by atoms with van der Waals surface area (Å²) in [5, 5.41) is 7.12. The first-order chi connectivity index (χ1) is 9.65. The van der Waals surface area contributed by atoms with Crippen LogP contribution in [-0.2, 0) is 6.54 Å². The van der Waals surface area contributed by atoms with Gasteiger partial charge in [-0.2, -0.15) is 0 Å². The Morgan fingerprint density at radius 2 is 2.10 bits per heavy atom. The number of hydrogen-bond acceptors (Lipinski definition) is 4. The topological polar surface area (TPSA) is 28.2 Å². The molecular formula is C16H29N3S. The van der Waals surface area contributed by atoms with Gasteiger partial charge in [0.2, 0.25) is 0 Å². The third kappa shape index (κ3) is 3.80. The second-order valence-electron chi connectivity index (χ2n) is 6.21. The smallest absolute Gasteiger partial charge is 0.107 e. The lowest BCUT2D eigenvalue weighted by Gasteiger charge is -2.44. The van der Waals surface area contributed by atoms with E-state index in [-0.39, 0.29) is 0 Å². The van der Waals surface area contributed by atoms with E-state index in [1.807, 2.05) is 6.20 Å². The summed E-state index contributed by atoms with van der Waals surface area (Å²) < 4.78 is 0. The standard InChI is InChI=1S/C16H29N3S/c1-5-12(3)14-10-19(11-16-17-7-8-20-16)15(9-18-14)13(4)6-2/h7-8,12-15,18H,5-6,9-11H2,1-4H3. The van der Waals surface area contributed by atoms with E-state index in [2.05, 4.69) is 48.3 Å². The van der Waals surface area contributed by atoms with Gasteiger partial charge in [0.15, 0.2) is 0 Å². The summed E-state index contributed by atoms with van der Waals surface area (Å²) in [5.41, 5.74) is 0. The van der Waals surface area contributed by atoms with E-state index in [0.29, 0.717) is 12.1 Å². The van der Waals surface area contributed by atoms with Gasteiger partial charge in [-0.1, -0.05) is 40.5 Å². The predicted molar refractivity (Wildman–Crippen MR) is 87.0 cm³/mol. The Kier molecular flexibility index (Phi) is 6.00. The van der Waals surface area contributed by atoms with E-state index >= 15 is 0 Å². The van der Waals surface area contributed by atoms with Gasteiger partial charge in [-0.3, -0.25) is 4.90 Å². The number of thiazole rings is 1. The molecule has 0 saturated carbocycles. The van der Waals surface area contributed by atoms with E-state index < -0.39 is 0 Å². The van der Waals surface area contributed by atoms with Crippen molar-refractivity contribution in [3.8, 4) is 0 Å². The molecule has 0 radical (unpaired) electrons. The zero-order valence-electron chi connectivity index (χ0n) is 13.3. The molecule has 4 heteroatoms. The lowest BCUT2D eigenvalue weighted by molar-refractivity contribution is 0.0693. The van der Waals surface area contributed by atoms with Gasteiger partial charge in [0.25, 0.3) is 0 Å². The maximum absolute atomic E-state index is 4.48. The third-order valence-electron chi connectivity index (χ3n) is 4.94. The summed E-state index contributed by atoms with van der Waals surface area (Å²) in [4.78, 5) is 7.14. The lowest BCUT2D eigenvalue weighted by atomic mass is 9.90. The van der Waals surface area contributed by atoms with Crippen LogP contribution in [0.1, 0.15) is 45.5 Å². The maximum Gasteiger partial charge on any atom is 0.107 e. The molecule has 0 amide bonds. The van der Waals surface area contributed by atoms with Gasteiger partial charge < -0.3 is 5.32 Å². The summed E-state index contributed by atoms with van der Waals surface area (Å²) in [6, 6.07) is 1.27. The molecule has 2 rings (SSSR count). The average molecular weight is 295 g/mol. The zero-order valence-corrected chi connectivity index (χ0v) is 14.1. The maximum atomic E-state index is 4.48. The van der Waals surface area contributed by atoms with E-state index in [4.69, 9.17) is 0 Å². The average Bonchev–Trinajstić information content (AvgIpc) is 2.98. The summed E-state index contributed by atoms with van der Waals surface area (Å²) >= 11 is 1.78. The van der Waals surface area contributed by atoms with Crippen molar-refractivity contribution in [2.24, 2.45) is 11.8 Å². The molecule has 1 N–H and O–H groups in total. The van der Waals surface area contributed by atoms with Crippen molar-refractivity contribution in [3.63, 3.8) is 0 Å². The Morgan fingerprint density at radius 3 is 2.70 bits per heavy atom. The quantitative estimate of drug-likeness (QED) is 0.872. The highest BCUT2D eigenvalue weighted by Crippen LogP contribution is 2.24. The first-order valence-electron chi connectivity index (χ1n) is 8.01. The van der Waals surface area contributed by atoms with Crippen LogP contribution in [0.5, 0.6) is 0 Å². The van der Waals surface area contributed by atoms with Crippen LogP contribution in [0.25, 0.3) is 0 Å². The highest BCUT2D eigenvalue weighted by Gasteiger charge is 2.32. The van der Waals surface area contributed by atoms with Crippen LogP contribution in [0, 0.1) is 11.8 Å². The highest BCUT2D eigenvalue weighted by molar-refractivity contribution is 7.09. The summed E-state index contributed by atoms with van der Waals surface area (Å²) in [6.45, 7) is 12.6. The van der Waals surface area contributed by atoms with Crippen LogP contribution in [0.2, 0.25) is 0 Å². The fraction of sp³-hybridized carbons (Fsp3) is 0.812. The van der Waals surface area contributed by atoms with Gasteiger partial charge >= 0.3 is 0 Å². The van der Waals surface area contributed by atoms with Gasteiger partial charge in [0.1, 0.15) is 5.01 Å². The molecule has 1 aliphatic rings. The summed E-state index contributed by atoms with van der Waals surface area (Å²) in [7, 11) is 0.